The van der Waals surface area contributed by atoms with Gasteiger partial charge in [0.1, 0.15) is 0 Å². The zero-order valence-electron chi connectivity index (χ0n) is 12.4. The first-order valence-corrected chi connectivity index (χ1v) is 7.19. The highest BCUT2D eigenvalue weighted by Gasteiger charge is 2.31. The SMILES string of the molecule is C=C(C)c1ccccc1NC(=C)C(C)C1CC(C)C1. The van der Waals surface area contributed by atoms with Crippen LogP contribution in [0.3, 0.4) is 0 Å². The van der Waals surface area contributed by atoms with Crippen LogP contribution in [0.15, 0.2) is 43.1 Å². The number of anilines is 1. The van der Waals surface area contributed by atoms with Gasteiger partial charge in [0.2, 0.25) is 0 Å². The number of hydrogen-bond donors (Lipinski definition) is 1. The van der Waals surface area contributed by atoms with Crippen molar-refractivity contribution in [1.29, 1.82) is 0 Å². The minimum atomic E-state index is 0.536. The van der Waals surface area contributed by atoms with Crippen molar-refractivity contribution < 1.29 is 0 Å². The summed E-state index contributed by atoms with van der Waals surface area (Å²) in [5.41, 5.74) is 4.52. The summed E-state index contributed by atoms with van der Waals surface area (Å²) >= 11 is 0. The summed E-state index contributed by atoms with van der Waals surface area (Å²) in [5.74, 6) is 2.23. The van der Waals surface area contributed by atoms with Crippen LogP contribution in [0.2, 0.25) is 0 Å². The molecule has 1 aromatic carbocycles. The maximum Gasteiger partial charge on any atom is 0.0457 e. The van der Waals surface area contributed by atoms with Crippen LogP contribution in [0, 0.1) is 17.8 Å². The Morgan fingerprint density at radius 1 is 1.26 bits per heavy atom. The Morgan fingerprint density at radius 3 is 2.47 bits per heavy atom. The molecule has 0 amide bonds. The molecular formula is C18H25N. The van der Waals surface area contributed by atoms with Crippen LogP contribution in [0.4, 0.5) is 5.69 Å². The molecule has 0 saturated heterocycles. The van der Waals surface area contributed by atoms with Crippen molar-refractivity contribution in [3.05, 3.63) is 48.7 Å². The molecule has 0 spiro atoms. The van der Waals surface area contributed by atoms with Gasteiger partial charge in [0.15, 0.2) is 0 Å². The molecule has 2 rings (SSSR count). The van der Waals surface area contributed by atoms with Gasteiger partial charge >= 0.3 is 0 Å². The highest BCUT2D eigenvalue weighted by Crippen LogP contribution is 2.41. The van der Waals surface area contributed by atoms with Crippen molar-refractivity contribution in [2.24, 2.45) is 17.8 Å². The van der Waals surface area contributed by atoms with E-state index in [0.29, 0.717) is 5.92 Å². The summed E-state index contributed by atoms with van der Waals surface area (Å²) in [7, 11) is 0. The largest absolute Gasteiger partial charge is 0.359 e. The fraction of sp³-hybridized carbons (Fsp3) is 0.444. The Labute approximate surface area is 117 Å². The van der Waals surface area contributed by atoms with Gasteiger partial charge in [-0.25, -0.2) is 0 Å². The number of rotatable bonds is 5. The minimum absolute atomic E-state index is 0.536. The molecule has 0 heterocycles. The number of benzene rings is 1. The van der Waals surface area contributed by atoms with E-state index in [1.54, 1.807) is 0 Å². The molecule has 102 valence electrons. The van der Waals surface area contributed by atoms with Crippen LogP contribution in [0.25, 0.3) is 5.57 Å². The van der Waals surface area contributed by atoms with Gasteiger partial charge in [-0.15, -0.1) is 0 Å². The highest BCUT2D eigenvalue weighted by molar-refractivity contribution is 5.74. The van der Waals surface area contributed by atoms with Crippen LogP contribution in [-0.4, -0.2) is 0 Å². The number of allylic oxidation sites excluding steroid dienone is 2. The first-order chi connectivity index (χ1) is 8.99. The molecule has 1 fully saturated rings. The lowest BCUT2D eigenvalue weighted by Gasteiger charge is -2.38. The minimum Gasteiger partial charge on any atom is -0.359 e. The van der Waals surface area contributed by atoms with E-state index in [4.69, 9.17) is 0 Å². The second-order valence-electron chi connectivity index (χ2n) is 6.10. The van der Waals surface area contributed by atoms with Gasteiger partial charge in [0.05, 0.1) is 0 Å². The molecule has 1 unspecified atom stereocenters. The standard InChI is InChI=1S/C18H25N/c1-12(2)17-8-6-7-9-18(17)19-15(5)14(4)16-10-13(3)11-16/h6-9,13-14,16,19H,1,5,10-11H2,2-4H3. The van der Waals surface area contributed by atoms with Gasteiger partial charge < -0.3 is 5.32 Å². The molecule has 19 heavy (non-hydrogen) atoms. The maximum atomic E-state index is 4.24. The summed E-state index contributed by atoms with van der Waals surface area (Å²) < 4.78 is 0. The van der Waals surface area contributed by atoms with Crippen molar-refractivity contribution in [2.75, 3.05) is 5.32 Å². The lowest BCUT2D eigenvalue weighted by molar-refractivity contribution is 0.165. The zero-order chi connectivity index (χ0) is 14.0. The lowest BCUT2D eigenvalue weighted by Crippen LogP contribution is -2.29. The normalized spacial score (nSPS) is 23.3. The maximum absolute atomic E-state index is 4.24. The summed E-state index contributed by atoms with van der Waals surface area (Å²) in [6.45, 7) is 14.9. The zero-order valence-corrected chi connectivity index (χ0v) is 12.4. The topological polar surface area (TPSA) is 12.0 Å². The van der Waals surface area contributed by atoms with Crippen LogP contribution < -0.4 is 5.32 Å². The van der Waals surface area contributed by atoms with Crippen molar-refractivity contribution in [3.8, 4) is 0 Å². The fourth-order valence-electron chi connectivity index (χ4n) is 2.91. The molecule has 1 saturated carbocycles. The van der Waals surface area contributed by atoms with Gasteiger partial charge in [-0.1, -0.05) is 45.2 Å². The predicted molar refractivity (Wildman–Crippen MR) is 85.0 cm³/mol. The Hall–Kier alpha value is -1.50. The summed E-state index contributed by atoms with van der Waals surface area (Å²) in [5, 5.41) is 3.50. The molecule has 1 aliphatic rings. The highest BCUT2D eigenvalue weighted by atomic mass is 14.9. The smallest absolute Gasteiger partial charge is 0.0457 e. The predicted octanol–water partition coefficient (Wildman–Crippen LogP) is 5.33. The van der Waals surface area contributed by atoms with E-state index in [2.05, 4.69) is 56.6 Å². The lowest BCUT2D eigenvalue weighted by atomic mass is 9.69. The van der Waals surface area contributed by atoms with Gasteiger partial charge in [-0.3, -0.25) is 0 Å². The molecule has 1 N–H and O–H groups in total. The molecule has 1 heteroatoms. The molecular weight excluding hydrogens is 230 g/mol. The Bertz CT molecular complexity index is 480. The third-order valence-corrected chi connectivity index (χ3v) is 4.35. The molecule has 0 radical (unpaired) electrons. The monoisotopic (exact) mass is 255 g/mol. The second kappa shape index (κ2) is 5.64. The summed E-state index contributed by atoms with van der Waals surface area (Å²) in [6, 6.07) is 8.31. The first kappa shape index (κ1) is 13.9. The van der Waals surface area contributed by atoms with E-state index >= 15 is 0 Å². The number of nitrogens with one attached hydrogen (secondary N) is 1. The van der Waals surface area contributed by atoms with Crippen LogP contribution in [0.5, 0.6) is 0 Å². The van der Waals surface area contributed by atoms with Crippen molar-refractivity contribution in [3.63, 3.8) is 0 Å². The molecule has 0 aromatic heterocycles. The Morgan fingerprint density at radius 2 is 1.89 bits per heavy atom. The molecule has 1 aromatic rings. The van der Waals surface area contributed by atoms with Gasteiger partial charge in [-0.2, -0.15) is 0 Å². The molecule has 0 aliphatic heterocycles. The molecule has 1 nitrogen and oxygen atoms in total. The van der Waals surface area contributed by atoms with Gasteiger partial charge in [0.25, 0.3) is 0 Å². The van der Waals surface area contributed by atoms with E-state index < -0.39 is 0 Å². The van der Waals surface area contributed by atoms with E-state index in [1.165, 1.54) is 18.4 Å². The van der Waals surface area contributed by atoms with Crippen molar-refractivity contribution in [2.45, 2.75) is 33.6 Å². The second-order valence-corrected chi connectivity index (χ2v) is 6.10. The van der Waals surface area contributed by atoms with Crippen LogP contribution in [0.1, 0.15) is 39.2 Å². The van der Waals surface area contributed by atoms with Crippen LogP contribution in [-0.2, 0) is 0 Å². The van der Waals surface area contributed by atoms with E-state index in [9.17, 15) is 0 Å². The third kappa shape index (κ3) is 3.09. The quantitative estimate of drug-likeness (QED) is 0.750. The Balaban J connectivity index is 2.04. The summed E-state index contributed by atoms with van der Waals surface area (Å²) in [4.78, 5) is 0. The van der Waals surface area contributed by atoms with E-state index in [-0.39, 0.29) is 0 Å². The Kier molecular flexibility index (Phi) is 4.14. The van der Waals surface area contributed by atoms with Crippen LogP contribution >= 0.6 is 0 Å². The first-order valence-electron chi connectivity index (χ1n) is 7.19. The average molecular weight is 255 g/mol. The number of para-hydroxylation sites is 1. The fourth-order valence-corrected chi connectivity index (χ4v) is 2.91. The number of hydrogen-bond acceptors (Lipinski definition) is 1. The van der Waals surface area contributed by atoms with Gasteiger partial charge in [0, 0.05) is 16.9 Å². The van der Waals surface area contributed by atoms with Crippen molar-refractivity contribution in [1.82, 2.24) is 0 Å². The van der Waals surface area contributed by atoms with E-state index in [0.717, 1.165) is 28.8 Å². The molecule has 1 atom stereocenters. The molecule has 0 bridgehead atoms. The van der Waals surface area contributed by atoms with Gasteiger partial charge in [-0.05, 0) is 49.2 Å². The average Bonchev–Trinajstić information content (AvgIpc) is 2.34. The van der Waals surface area contributed by atoms with Crippen molar-refractivity contribution >= 4 is 11.3 Å². The third-order valence-electron chi connectivity index (χ3n) is 4.35. The summed E-state index contributed by atoms with van der Waals surface area (Å²) in [6.07, 6.45) is 2.67. The van der Waals surface area contributed by atoms with E-state index in [1.807, 2.05) is 6.92 Å². The molecule has 1 aliphatic carbocycles.